The van der Waals surface area contributed by atoms with Crippen LogP contribution in [-0.4, -0.2) is 48.5 Å². The molecule has 0 spiro atoms. The summed E-state index contributed by atoms with van der Waals surface area (Å²) in [7, 11) is 0. The molecule has 140 valence electrons. The molecule has 0 fully saturated rings. The topological polar surface area (TPSA) is 108 Å². The summed E-state index contributed by atoms with van der Waals surface area (Å²) in [5.74, 6) is -1.49. The van der Waals surface area contributed by atoms with Gasteiger partial charge >= 0.3 is 5.97 Å². The second kappa shape index (κ2) is 8.68. The molecule has 0 radical (unpaired) electrons. The zero-order chi connectivity index (χ0) is 19.3. The summed E-state index contributed by atoms with van der Waals surface area (Å²) in [6, 6.07) is 5.84. The number of aliphatic hydroxyl groups is 2. The molecule has 7 nitrogen and oxygen atoms in total. The van der Waals surface area contributed by atoms with Crippen molar-refractivity contribution < 1.29 is 24.5 Å². The zero-order valence-corrected chi connectivity index (χ0v) is 14.6. The zero-order valence-electron chi connectivity index (χ0n) is 14.6. The maximum atomic E-state index is 13.1. The molecular formula is C18H22FN3O4. The predicted molar refractivity (Wildman–Crippen MR) is 93.7 cm³/mol. The van der Waals surface area contributed by atoms with Gasteiger partial charge in [-0.25, -0.2) is 9.07 Å². The summed E-state index contributed by atoms with van der Waals surface area (Å²) >= 11 is 0. The van der Waals surface area contributed by atoms with Gasteiger partial charge in [-0.1, -0.05) is 11.3 Å². The first-order chi connectivity index (χ1) is 12.3. The molecule has 3 N–H and O–H groups in total. The normalized spacial score (nSPS) is 14.1. The van der Waals surface area contributed by atoms with E-state index in [-0.39, 0.29) is 18.3 Å². The number of hydrogen-bond donors (Lipinski definition) is 3. The summed E-state index contributed by atoms with van der Waals surface area (Å²) < 4.78 is 14.8. The van der Waals surface area contributed by atoms with Crippen molar-refractivity contribution in [1.29, 1.82) is 0 Å². The van der Waals surface area contributed by atoms with Gasteiger partial charge in [-0.2, -0.15) is 0 Å². The number of aromatic nitrogens is 3. The van der Waals surface area contributed by atoms with E-state index in [1.807, 2.05) is 13.8 Å². The van der Waals surface area contributed by atoms with Crippen LogP contribution in [0.25, 0.3) is 17.3 Å². The van der Waals surface area contributed by atoms with Crippen molar-refractivity contribution in [1.82, 2.24) is 15.0 Å². The Morgan fingerprint density at radius 3 is 2.50 bits per heavy atom. The summed E-state index contributed by atoms with van der Waals surface area (Å²) in [4.78, 5) is 10.6. The van der Waals surface area contributed by atoms with Gasteiger partial charge in [-0.05, 0) is 44.2 Å². The van der Waals surface area contributed by atoms with Crippen molar-refractivity contribution in [2.45, 2.75) is 44.9 Å². The minimum atomic E-state index is -1.14. The molecule has 8 heteroatoms. The van der Waals surface area contributed by atoms with E-state index in [1.165, 1.54) is 18.2 Å². The summed E-state index contributed by atoms with van der Waals surface area (Å²) in [6.07, 6.45) is 0.375. The van der Waals surface area contributed by atoms with Crippen LogP contribution in [0.5, 0.6) is 0 Å². The van der Waals surface area contributed by atoms with Gasteiger partial charge in [0.25, 0.3) is 0 Å². The number of hydrogen-bond acceptors (Lipinski definition) is 5. The molecule has 2 aromatic rings. The largest absolute Gasteiger partial charge is 0.481 e. The lowest BCUT2D eigenvalue weighted by Gasteiger charge is -2.12. The van der Waals surface area contributed by atoms with Crippen LogP contribution in [0, 0.1) is 5.82 Å². The number of carboxylic acid groups (broad SMARTS) is 1. The first-order valence-electron chi connectivity index (χ1n) is 8.25. The first kappa shape index (κ1) is 19.7. The predicted octanol–water partition coefficient (Wildman–Crippen LogP) is 2.26. The van der Waals surface area contributed by atoms with Crippen LogP contribution in [0.4, 0.5) is 4.39 Å². The fraction of sp³-hybridized carbons (Fsp3) is 0.389. The third kappa shape index (κ3) is 5.21. The number of rotatable bonds is 8. The molecule has 0 aliphatic rings. The quantitative estimate of drug-likeness (QED) is 0.664. The van der Waals surface area contributed by atoms with E-state index in [4.69, 9.17) is 5.11 Å². The highest BCUT2D eigenvalue weighted by atomic mass is 19.1. The number of nitrogens with zero attached hydrogens (tertiary/aromatic N) is 3. The lowest BCUT2D eigenvalue weighted by atomic mass is 10.1. The SMILES string of the molecule is CC(C)n1nnc(-c2ccc(F)cc2)c1C=CC(O)CC(O)CC(=O)O. The van der Waals surface area contributed by atoms with Crippen molar-refractivity contribution in [3.63, 3.8) is 0 Å². The van der Waals surface area contributed by atoms with Gasteiger partial charge in [-0.15, -0.1) is 5.10 Å². The number of carbonyl (C=O) groups is 1. The minimum absolute atomic E-state index is 0.00564. The lowest BCUT2D eigenvalue weighted by molar-refractivity contribution is -0.139. The Kier molecular flexibility index (Phi) is 6.59. The molecule has 1 aromatic carbocycles. The van der Waals surface area contributed by atoms with Crippen molar-refractivity contribution >= 4 is 12.0 Å². The van der Waals surface area contributed by atoms with Gasteiger partial charge in [0.15, 0.2) is 0 Å². The second-order valence-corrected chi connectivity index (χ2v) is 6.28. The molecule has 0 aliphatic carbocycles. The second-order valence-electron chi connectivity index (χ2n) is 6.28. The van der Waals surface area contributed by atoms with Gasteiger partial charge in [0.2, 0.25) is 0 Å². The van der Waals surface area contributed by atoms with E-state index in [9.17, 15) is 19.4 Å². The van der Waals surface area contributed by atoms with E-state index in [0.717, 1.165) is 0 Å². The maximum Gasteiger partial charge on any atom is 0.305 e. The molecular weight excluding hydrogens is 341 g/mol. The Balaban J connectivity index is 2.25. The highest BCUT2D eigenvalue weighted by Crippen LogP contribution is 2.25. The summed E-state index contributed by atoms with van der Waals surface area (Å²) in [6.45, 7) is 3.85. The average Bonchev–Trinajstić information content (AvgIpc) is 2.96. The average molecular weight is 363 g/mol. The molecule has 1 heterocycles. The fourth-order valence-corrected chi connectivity index (χ4v) is 2.50. The van der Waals surface area contributed by atoms with Crippen molar-refractivity contribution in [2.75, 3.05) is 0 Å². The molecule has 26 heavy (non-hydrogen) atoms. The van der Waals surface area contributed by atoms with E-state index in [2.05, 4.69) is 10.3 Å². The van der Waals surface area contributed by atoms with Gasteiger partial charge in [0.05, 0.1) is 24.3 Å². The van der Waals surface area contributed by atoms with E-state index in [1.54, 1.807) is 22.9 Å². The number of aliphatic carboxylic acids is 1. The van der Waals surface area contributed by atoms with Crippen LogP contribution < -0.4 is 0 Å². The van der Waals surface area contributed by atoms with Crippen LogP contribution in [0.15, 0.2) is 30.3 Å². The van der Waals surface area contributed by atoms with Gasteiger partial charge < -0.3 is 15.3 Å². The molecule has 0 aliphatic heterocycles. The fourth-order valence-electron chi connectivity index (χ4n) is 2.50. The van der Waals surface area contributed by atoms with Crippen molar-refractivity contribution in [2.24, 2.45) is 0 Å². The highest BCUT2D eigenvalue weighted by molar-refractivity contribution is 5.69. The Morgan fingerprint density at radius 1 is 1.27 bits per heavy atom. The smallest absolute Gasteiger partial charge is 0.305 e. The van der Waals surface area contributed by atoms with Crippen LogP contribution >= 0.6 is 0 Å². The number of aliphatic hydroxyl groups excluding tert-OH is 2. The van der Waals surface area contributed by atoms with E-state index < -0.39 is 24.6 Å². The summed E-state index contributed by atoms with van der Waals surface area (Å²) in [5.41, 5.74) is 1.84. The molecule has 2 unspecified atom stereocenters. The summed E-state index contributed by atoms with van der Waals surface area (Å²) in [5, 5.41) is 36.5. The van der Waals surface area contributed by atoms with E-state index in [0.29, 0.717) is 17.0 Å². The molecule has 0 amide bonds. The maximum absolute atomic E-state index is 13.1. The molecule has 2 rings (SSSR count). The van der Waals surface area contributed by atoms with Gasteiger partial charge in [0, 0.05) is 18.0 Å². The minimum Gasteiger partial charge on any atom is -0.481 e. The van der Waals surface area contributed by atoms with E-state index >= 15 is 0 Å². The van der Waals surface area contributed by atoms with Gasteiger partial charge in [0.1, 0.15) is 11.5 Å². The molecule has 2 atom stereocenters. The Hall–Kier alpha value is -2.58. The van der Waals surface area contributed by atoms with Crippen LogP contribution in [0.3, 0.4) is 0 Å². The molecule has 0 bridgehead atoms. The standard InChI is InChI=1S/C18H22FN3O4/c1-11(2)22-16(8-7-14(23)9-15(24)10-17(25)26)18(20-21-22)12-3-5-13(19)6-4-12/h3-8,11,14-15,23-24H,9-10H2,1-2H3,(H,25,26). The Labute approximate surface area is 150 Å². The highest BCUT2D eigenvalue weighted by Gasteiger charge is 2.16. The molecule has 0 saturated carbocycles. The van der Waals surface area contributed by atoms with Crippen LogP contribution in [0.1, 0.15) is 38.4 Å². The van der Waals surface area contributed by atoms with Crippen LogP contribution in [0.2, 0.25) is 0 Å². The lowest BCUT2D eigenvalue weighted by Crippen LogP contribution is -2.19. The Bertz CT molecular complexity index is 771. The monoisotopic (exact) mass is 363 g/mol. The van der Waals surface area contributed by atoms with Crippen LogP contribution in [-0.2, 0) is 4.79 Å². The number of halogens is 1. The molecule has 1 aromatic heterocycles. The number of benzene rings is 1. The molecule has 0 saturated heterocycles. The third-order valence-corrected chi connectivity index (χ3v) is 3.74. The first-order valence-corrected chi connectivity index (χ1v) is 8.25. The van der Waals surface area contributed by atoms with Gasteiger partial charge in [-0.3, -0.25) is 4.79 Å². The number of carboxylic acids is 1. The third-order valence-electron chi connectivity index (χ3n) is 3.74. The van der Waals surface area contributed by atoms with Crippen molar-refractivity contribution in [3.05, 3.63) is 41.9 Å². The Morgan fingerprint density at radius 2 is 1.92 bits per heavy atom. The van der Waals surface area contributed by atoms with Crippen molar-refractivity contribution in [3.8, 4) is 11.3 Å².